The van der Waals surface area contributed by atoms with Crippen molar-refractivity contribution in [3.63, 3.8) is 0 Å². The molecule has 0 aliphatic carbocycles. The van der Waals surface area contributed by atoms with Gasteiger partial charge in [0.1, 0.15) is 22.9 Å². The van der Waals surface area contributed by atoms with Crippen molar-refractivity contribution in [2.45, 2.75) is 12.6 Å². The summed E-state index contributed by atoms with van der Waals surface area (Å²) in [6, 6.07) is 29.2. The van der Waals surface area contributed by atoms with Gasteiger partial charge in [0.2, 0.25) is 0 Å². The average molecular weight is 471 g/mol. The first-order chi connectivity index (χ1) is 16.9. The molecule has 0 saturated heterocycles. The molecule has 6 heteroatoms. The first kappa shape index (κ1) is 22.5. The molecule has 0 radical (unpaired) electrons. The fraction of sp³-hybridized carbons (Fsp3) is 0.0690. The van der Waals surface area contributed by atoms with Crippen LogP contribution in [0.4, 0.5) is 13.2 Å². The number of benzene rings is 4. The van der Waals surface area contributed by atoms with Gasteiger partial charge in [0.15, 0.2) is 0 Å². The summed E-state index contributed by atoms with van der Waals surface area (Å²) in [7, 11) is 0. The monoisotopic (exact) mass is 471 g/mol. The Balaban J connectivity index is 1.71. The number of rotatable bonds is 5. The topological polar surface area (TPSA) is 42.4 Å². The van der Waals surface area contributed by atoms with Crippen molar-refractivity contribution in [2.75, 3.05) is 0 Å². The number of hydrogen-bond acceptors (Lipinski definition) is 3. The van der Waals surface area contributed by atoms with Gasteiger partial charge >= 0.3 is 6.18 Å². The van der Waals surface area contributed by atoms with Crippen molar-refractivity contribution in [1.29, 1.82) is 0 Å². The molecule has 1 N–H and O–H groups in total. The number of nitrogens with zero attached hydrogens (tertiary/aromatic N) is 1. The second-order valence-electron chi connectivity index (χ2n) is 8.12. The minimum atomic E-state index is -4.62. The van der Waals surface area contributed by atoms with Gasteiger partial charge in [-0.1, -0.05) is 60.7 Å². The molecule has 0 spiro atoms. The van der Waals surface area contributed by atoms with Gasteiger partial charge < -0.3 is 9.84 Å². The Morgan fingerprint density at radius 3 is 2.20 bits per heavy atom. The molecular formula is C29H20F3NO2. The Kier molecular flexibility index (Phi) is 5.87. The summed E-state index contributed by atoms with van der Waals surface area (Å²) in [6.07, 6.45) is -4.55. The highest BCUT2D eigenvalue weighted by Crippen LogP contribution is 2.41. The van der Waals surface area contributed by atoms with E-state index in [-0.39, 0.29) is 23.3 Å². The van der Waals surface area contributed by atoms with Gasteiger partial charge in [-0.3, -0.25) is 0 Å². The Morgan fingerprint density at radius 1 is 0.743 bits per heavy atom. The van der Waals surface area contributed by atoms with E-state index in [2.05, 4.69) is 4.98 Å². The fourth-order valence-corrected chi connectivity index (χ4v) is 4.15. The van der Waals surface area contributed by atoms with Crippen molar-refractivity contribution in [2.24, 2.45) is 0 Å². The molecule has 5 rings (SSSR count). The zero-order valence-corrected chi connectivity index (χ0v) is 18.5. The molecule has 0 saturated carbocycles. The zero-order valence-electron chi connectivity index (χ0n) is 18.5. The van der Waals surface area contributed by atoms with E-state index in [1.54, 1.807) is 60.7 Å². The summed E-state index contributed by atoms with van der Waals surface area (Å²) in [5, 5.41) is 10.1. The number of aromatic hydroxyl groups is 1. The largest absolute Gasteiger partial charge is 0.508 e. The van der Waals surface area contributed by atoms with Crippen molar-refractivity contribution >= 4 is 10.9 Å². The molecule has 1 heterocycles. The third-order valence-electron chi connectivity index (χ3n) is 5.68. The van der Waals surface area contributed by atoms with Crippen molar-refractivity contribution < 1.29 is 23.0 Å². The molecule has 0 aliphatic rings. The molecule has 0 bridgehead atoms. The lowest BCUT2D eigenvalue weighted by atomic mass is 9.90. The predicted octanol–water partition coefficient (Wildman–Crippen LogP) is 8.01. The fourth-order valence-electron chi connectivity index (χ4n) is 4.15. The minimum absolute atomic E-state index is 0.0753. The molecule has 1 aromatic heterocycles. The van der Waals surface area contributed by atoms with Gasteiger partial charge in [-0.05, 0) is 64.7 Å². The number of phenols is 1. The van der Waals surface area contributed by atoms with Gasteiger partial charge in [-0.15, -0.1) is 0 Å². The van der Waals surface area contributed by atoms with E-state index < -0.39 is 11.9 Å². The van der Waals surface area contributed by atoms with Crippen LogP contribution in [0.1, 0.15) is 16.8 Å². The van der Waals surface area contributed by atoms with Crippen LogP contribution in [-0.2, 0) is 12.6 Å². The maximum atomic E-state index is 14.3. The van der Waals surface area contributed by atoms with Crippen LogP contribution in [0.5, 0.6) is 17.2 Å². The Hall–Kier alpha value is -4.32. The number of phenolic OH excluding ortho intramolecular Hbond substituents is 1. The molecule has 0 fully saturated rings. The highest BCUT2D eigenvalue weighted by atomic mass is 19.4. The number of fused-ring (bicyclic) bond motifs is 1. The standard InChI is InChI=1S/C29H20F3NO2/c30-29(31,32)28-25(17-19-7-2-1-3-8-19)27(24-11-4-5-12-26(24)33-28)20-9-6-10-23(18-20)35-22-15-13-21(34)14-16-22/h1-16,18,34H,17H2. The lowest BCUT2D eigenvalue weighted by Crippen LogP contribution is -2.14. The number of halogens is 3. The van der Waals surface area contributed by atoms with E-state index in [0.29, 0.717) is 28.0 Å². The Labute approximate surface area is 200 Å². The summed E-state index contributed by atoms with van der Waals surface area (Å²) in [5.41, 5.74) is 1.33. The van der Waals surface area contributed by atoms with Crippen LogP contribution in [-0.4, -0.2) is 10.1 Å². The lowest BCUT2D eigenvalue weighted by molar-refractivity contribution is -0.141. The zero-order chi connectivity index (χ0) is 24.4. The van der Waals surface area contributed by atoms with Crippen LogP contribution < -0.4 is 4.74 Å². The van der Waals surface area contributed by atoms with Crippen LogP contribution in [0.25, 0.3) is 22.0 Å². The highest BCUT2D eigenvalue weighted by Gasteiger charge is 2.37. The number of alkyl halides is 3. The number of hydrogen-bond donors (Lipinski definition) is 1. The second-order valence-corrected chi connectivity index (χ2v) is 8.12. The molecule has 5 aromatic rings. The van der Waals surface area contributed by atoms with E-state index in [0.717, 1.165) is 5.56 Å². The molecular weight excluding hydrogens is 451 g/mol. The molecule has 0 unspecified atom stereocenters. The van der Waals surface area contributed by atoms with Crippen molar-refractivity contribution in [1.82, 2.24) is 4.98 Å². The summed E-state index contributed by atoms with van der Waals surface area (Å²) in [4.78, 5) is 4.05. The SMILES string of the molecule is Oc1ccc(Oc2cccc(-c3c(Cc4ccccc4)c(C(F)(F)F)nc4ccccc34)c2)cc1. The number of para-hydroxylation sites is 1. The van der Waals surface area contributed by atoms with Gasteiger partial charge in [0.25, 0.3) is 0 Å². The summed E-state index contributed by atoms with van der Waals surface area (Å²) >= 11 is 0. The first-order valence-electron chi connectivity index (χ1n) is 11.0. The number of pyridine rings is 1. The normalized spacial score (nSPS) is 11.5. The van der Waals surface area contributed by atoms with Gasteiger partial charge in [0.05, 0.1) is 5.52 Å². The second kappa shape index (κ2) is 9.14. The maximum Gasteiger partial charge on any atom is 0.433 e. The molecule has 3 nitrogen and oxygen atoms in total. The Bertz CT molecular complexity index is 1480. The maximum absolute atomic E-state index is 14.3. The van der Waals surface area contributed by atoms with Gasteiger partial charge in [-0.25, -0.2) is 4.98 Å². The Morgan fingerprint density at radius 2 is 1.46 bits per heavy atom. The predicted molar refractivity (Wildman–Crippen MR) is 130 cm³/mol. The van der Waals surface area contributed by atoms with Gasteiger partial charge in [-0.2, -0.15) is 13.2 Å². The molecule has 0 aliphatic heterocycles. The van der Waals surface area contributed by atoms with E-state index in [9.17, 15) is 18.3 Å². The average Bonchev–Trinajstić information content (AvgIpc) is 2.85. The van der Waals surface area contributed by atoms with Crippen molar-refractivity contribution in [3.05, 3.63) is 120 Å². The molecule has 0 atom stereocenters. The third-order valence-corrected chi connectivity index (χ3v) is 5.68. The van der Waals surface area contributed by atoms with Gasteiger partial charge in [0, 0.05) is 11.8 Å². The lowest BCUT2D eigenvalue weighted by Gasteiger charge is -2.20. The number of ether oxygens (including phenoxy) is 1. The smallest absolute Gasteiger partial charge is 0.433 e. The van der Waals surface area contributed by atoms with E-state index in [1.165, 1.54) is 12.1 Å². The minimum Gasteiger partial charge on any atom is -0.508 e. The van der Waals surface area contributed by atoms with Crippen LogP contribution in [0.3, 0.4) is 0 Å². The summed E-state index contributed by atoms with van der Waals surface area (Å²) in [5.74, 6) is 1.08. The van der Waals surface area contributed by atoms with E-state index in [4.69, 9.17) is 4.74 Å². The molecule has 4 aromatic carbocycles. The summed E-state index contributed by atoms with van der Waals surface area (Å²) < 4.78 is 48.7. The third kappa shape index (κ3) is 4.82. The van der Waals surface area contributed by atoms with Crippen LogP contribution in [0.2, 0.25) is 0 Å². The van der Waals surface area contributed by atoms with E-state index >= 15 is 0 Å². The highest BCUT2D eigenvalue weighted by molar-refractivity contribution is 5.97. The first-order valence-corrected chi connectivity index (χ1v) is 11.0. The summed E-state index contributed by atoms with van der Waals surface area (Å²) in [6.45, 7) is 0. The van der Waals surface area contributed by atoms with Crippen molar-refractivity contribution in [3.8, 4) is 28.4 Å². The molecule has 0 amide bonds. The van der Waals surface area contributed by atoms with Crippen LogP contribution >= 0.6 is 0 Å². The molecule has 35 heavy (non-hydrogen) atoms. The van der Waals surface area contributed by atoms with Crippen LogP contribution in [0.15, 0.2) is 103 Å². The van der Waals surface area contributed by atoms with Crippen LogP contribution in [0, 0.1) is 0 Å². The molecule has 174 valence electrons. The number of aromatic nitrogens is 1. The van der Waals surface area contributed by atoms with E-state index in [1.807, 2.05) is 30.3 Å². The quantitative estimate of drug-likeness (QED) is 0.282.